The van der Waals surface area contributed by atoms with E-state index in [1.54, 1.807) is 42.6 Å². The van der Waals surface area contributed by atoms with Crippen LogP contribution in [0.25, 0.3) is 0 Å². The van der Waals surface area contributed by atoms with Crippen molar-refractivity contribution >= 4 is 57.9 Å². The van der Waals surface area contributed by atoms with Crippen LogP contribution in [0.5, 0.6) is 0 Å². The lowest BCUT2D eigenvalue weighted by atomic mass is 10.2. The van der Waals surface area contributed by atoms with Crippen LogP contribution in [0, 0.1) is 0 Å². The third kappa shape index (κ3) is 4.84. The molecule has 6 nitrogen and oxygen atoms in total. The summed E-state index contributed by atoms with van der Waals surface area (Å²) in [5, 5.41) is 9.91. The quantitative estimate of drug-likeness (QED) is 0.558. The Morgan fingerprint density at radius 1 is 0.885 bits per heavy atom. The Balaban J connectivity index is 1.70. The summed E-state index contributed by atoms with van der Waals surface area (Å²) < 4.78 is 0. The Hall–Kier alpha value is -2.83. The van der Waals surface area contributed by atoms with Gasteiger partial charge >= 0.3 is 0 Å². The summed E-state index contributed by atoms with van der Waals surface area (Å²) in [7, 11) is 0. The van der Waals surface area contributed by atoms with Gasteiger partial charge in [-0.1, -0.05) is 23.2 Å². The van der Waals surface area contributed by atoms with Gasteiger partial charge in [-0.15, -0.1) is 0 Å². The first-order valence-corrected chi connectivity index (χ1v) is 8.45. The van der Waals surface area contributed by atoms with Crippen LogP contribution in [0.3, 0.4) is 0 Å². The summed E-state index contributed by atoms with van der Waals surface area (Å²) in [5.74, 6) is 0.928. The fourth-order valence-corrected chi connectivity index (χ4v) is 2.48. The molecule has 0 unspecified atom stereocenters. The first-order valence-electron chi connectivity index (χ1n) is 7.69. The van der Waals surface area contributed by atoms with Crippen LogP contribution in [0.2, 0.25) is 10.0 Å². The van der Waals surface area contributed by atoms with E-state index in [1.165, 1.54) is 6.92 Å². The number of benzene rings is 2. The van der Waals surface area contributed by atoms with Gasteiger partial charge in [-0.3, -0.25) is 4.79 Å². The zero-order chi connectivity index (χ0) is 18.5. The lowest BCUT2D eigenvalue weighted by molar-refractivity contribution is -0.114. The van der Waals surface area contributed by atoms with Gasteiger partial charge in [0.15, 0.2) is 0 Å². The minimum atomic E-state index is -0.112. The summed E-state index contributed by atoms with van der Waals surface area (Å²) in [6.07, 6.45) is 1.64. The van der Waals surface area contributed by atoms with Gasteiger partial charge in [-0.05, 0) is 48.5 Å². The largest absolute Gasteiger partial charge is 0.340 e. The number of anilines is 5. The van der Waals surface area contributed by atoms with Gasteiger partial charge in [0.05, 0.1) is 10.0 Å². The van der Waals surface area contributed by atoms with E-state index in [0.717, 1.165) is 17.1 Å². The molecule has 0 aliphatic rings. The van der Waals surface area contributed by atoms with E-state index in [4.69, 9.17) is 23.2 Å². The Kier molecular flexibility index (Phi) is 5.55. The number of hydrogen-bond acceptors (Lipinski definition) is 5. The second kappa shape index (κ2) is 8.03. The molecule has 1 heterocycles. The van der Waals surface area contributed by atoms with Crippen molar-refractivity contribution in [2.24, 2.45) is 0 Å². The number of nitrogens with one attached hydrogen (secondary N) is 3. The standard InChI is InChI=1S/C18H15Cl2N5O/c1-11(26)22-12-2-4-13(5-3-12)23-17-8-9-21-18(25-17)24-14-6-7-15(19)16(20)10-14/h2-10H,1H3,(H,22,26)(H2,21,23,24,25). The maximum Gasteiger partial charge on any atom is 0.229 e. The van der Waals surface area contributed by atoms with Crippen LogP contribution >= 0.6 is 23.2 Å². The molecule has 0 atom stereocenters. The fraction of sp³-hybridized carbons (Fsp3) is 0.0556. The highest BCUT2D eigenvalue weighted by atomic mass is 35.5. The Bertz CT molecular complexity index is 931. The van der Waals surface area contributed by atoms with Crippen LogP contribution in [0.4, 0.5) is 28.8 Å². The highest BCUT2D eigenvalue weighted by Crippen LogP contribution is 2.26. The number of carbonyl (C=O) groups is 1. The van der Waals surface area contributed by atoms with Gasteiger partial charge < -0.3 is 16.0 Å². The predicted octanol–water partition coefficient (Wildman–Crippen LogP) is 5.23. The van der Waals surface area contributed by atoms with Gasteiger partial charge in [0.2, 0.25) is 11.9 Å². The molecule has 0 saturated heterocycles. The van der Waals surface area contributed by atoms with Gasteiger partial charge in [0, 0.05) is 30.2 Å². The van der Waals surface area contributed by atoms with Crippen molar-refractivity contribution < 1.29 is 4.79 Å². The van der Waals surface area contributed by atoms with Gasteiger partial charge in [0.25, 0.3) is 0 Å². The minimum Gasteiger partial charge on any atom is -0.340 e. The third-order valence-electron chi connectivity index (χ3n) is 3.31. The van der Waals surface area contributed by atoms with Crippen LogP contribution in [-0.4, -0.2) is 15.9 Å². The molecule has 0 aliphatic heterocycles. The van der Waals surface area contributed by atoms with E-state index in [2.05, 4.69) is 25.9 Å². The van der Waals surface area contributed by atoms with Gasteiger partial charge in [-0.2, -0.15) is 4.98 Å². The Morgan fingerprint density at radius 3 is 2.27 bits per heavy atom. The molecule has 0 saturated carbocycles. The summed E-state index contributed by atoms with van der Waals surface area (Å²) >= 11 is 11.9. The van der Waals surface area contributed by atoms with Crippen molar-refractivity contribution in [3.05, 3.63) is 64.8 Å². The molecule has 8 heteroatoms. The molecular weight excluding hydrogens is 373 g/mol. The van der Waals surface area contributed by atoms with Crippen LogP contribution < -0.4 is 16.0 Å². The monoisotopic (exact) mass is 387 g/mol. The number of nitrogens with zero attached hydrogens (tertiary/aromatic N) is 2. The number of aromatic nitrogens is 2. The molecule has 1 amide bonds. The first-order chi connectivity index (χ1) is 12.5. The first kappa shape index (κ1) is 18.0. The predicted molar refractivity (Wildman–Crippen MR) is 106 cm³/mol. The van der Waals surface area contributed by atoms with Crippen molar-refractivity contribution in [3.63, 3.8) is 0 Å². The van der Waals surface area contributed by atoms with Gasteiger partial charge in [-0.25, -0.2) is 4.98 Å². The summed E-state index contributed by atoms with van der Waals surface area (Å²) in [4.78, 5) is 19.6. The molecule has 0 aliphatic carbocycles. The van der Waals surface area contributed by atoms with Crippen LogP contribution in [0.1, 0.15) is 6.92 Å². The number of amides is 1. The fourth-order valence-electron chi connectivity index (χ4n) is 2.18. The van der Waals surface area contributed by atoms with E-state index >= 15 is 0 Å². The molecule has 3 aromatic rings. The number of rotatable bonds is 5. The maximum atomic E-state index is 11.1. The zero-order valence-electron chi connectivity index (χ0n) is 13.8. The van der Waals surface area contributed by atoms with Crippen LogP contribution in [-0.2, 0) is 4.79 Å². The third-order valence-corrected chi connectivity index (χ3v) is 4.05. The molecule has 1 aromatic heterocycles. The lowest BCUT2D eigenvalue weighted by Gasteiger charge is -2.10. The normalized spacial score (nSPS) is 10.3. The molecule has 0 spiro atoms. The molecule has 132 valence electrons. The molecule has 3 rings (SSSR count). The highest BCUT2D eigenvalue weighted by molar-refractivity contribution is 6.42. The molecule has 2 aromatic carbocycles. The summed E-state index contributed by atoms with van der Waals surface area (Å²) in [6.45, 7) is 1.47. The minimum absolute atomic E-state index is 0.112. The van der Waals surface area contributed by atoms with Crippen molar-refractivity contribution in [1.29, 1.82) is 0 Å². The van der Waals surface area contributed by atoms with E-state index in [9.17, 15) is 4.79 Å². The lowest BCUT2D eigenvalue weighted by Crippen LogP contribution is -2.05. The van der Waals surface area contributed by atoms with E-state index < -0.39 is 0 Å². The van der Waals surface area contributed by atoms with E-state index in [0.29, 0.717) is 21.8 Å². The highest BCUT2D eigenvalue weighted by Gasteiger charge is 2.04. The van der Waals surface area contributed by atoms with Crippen molar-refractivity contribution in [2.75, 3.05) is 16.0 Å². The number of hydrogen-bond donors (Lipinski definition) is 3. The summed E-state index contributed by atoms with van der Waals surface area (Å²) in [5.41, 5.74) is 2.29. The van der Waals surface area contributed by atoms with Crippen LogP contribution in [0.15, 0.2) is 54.7 Å². The zero-order valence-corrected chi connectivity index (χ0v) is 15.3. The molecule has 0 fully saturated rings. The second-order valence-electron chi connectivity index (χ2n) is 5.40. The molecule has 3 N–H and O–H groups in total. The average molecular weight is 388 g/mol. The van der Waals surface area contributed by atoms with E-state index in [-0.39, 0.29) is 5.91 Å². The average Bonchev–Trinajstić information content (AvgIpc) is 2.60. The summed E-state index contributed by atoms with van der Waals surface area (Å²) in [6, 6.07) is 14.2. The smallest absolute Gasteiger partial charge is 0.229 e. The van der Waals surface area contributed by atoms with Crippen molar-refractivity contribution in [2.45, 2.75) is 6.92 Å². The topological polar surface area (TPSA) is 78.9 Å². The van der Waals surface area contributed by atoms with Gasteiger partial charge in [0.1, 0.15) is 5.82 Å². The Morgan fingerprint density at radius 2 is 1.58 bits per heavy atom. The number of halogens is 2. The van der Waals surface area contributed by atoms with Crippen molar-refractivity contribution in [1.82, 2.24) is 9.97 Å². The van der Waals surface area contributed by atoms with Crippen molar-refractivity contribution in [3.8, 4) is 0 Å². The number of carbonyl (C=O) groups excluding carboxylic acids is 1. The maximum absolute atomic E-state index is 11.1. The Labute approximate surface area is 160 Å². The molecule has 0 bridgehead atoms. The molecular formula is C18H15Cl2N5O. The molecule has 0 radical (unpaired) electrons. The van der Waals surface area contributed by atoms with E-state index in [1.807, 2.05) is 12.1 Å². The molecule has 26 heavy (non-hydrogen) atoms. The SMILES string of the molecule is CC(=O)Nc1ccc(Nc2ccnc(Nc3ccc(Cl)c(Cl)c3)n2)cc1. The second-order valence-corrected chi connectivity index (χ2v) is 6.22.